The van der Waals surface area contributed by atoms with Gasteiger partial charge in [-0.3, -0.25) is 0 Å². The van der Waals surface area contributed by atoms with Crippen LogP contribution in [0.2, 0.25) is 0 Å². The van der Waals surface area contributed by atoms with E-state index in [1.165, 1.54) is 0 Å². The molecule has 0 unspecified atom stereocenters. The Labute approximate surface area is 70.3 Å². The molecule has 80 valence electrons. The first-order chi connectivity index (χ1) is 5.69. The summed E-state index contributed by atoms with van der Waals surface area (Å²) in [5.74, 6) is 0. The Kier molecular flexibility index (Phi) is 3.98. The Balaban J connectivity index is 4.39. The van der Waals surface area contributed by atoms with Crippen LogP contribution in [-0.4, -0.2) is 30.6 Å². The fraction of sp³-hybridized carbons (Fsp3) is 1.00. The second-order valence-electron chi connectivity index (χ2n) is 2.23. The standard InChI is InChI=1S/C5H8F6N2/c6-4(7,8)13(3-1-2-12)5(9,10)11/h1-3,12H2. The van der Waals surface area contributed by atoms with Crippen LogP contribution in [0.25, 0.3) is 0 Å². The van der Waals surface area contributed by atoms with E-state index in [0.29, 0.717) is 0 Å². The summed E-state index contributed by atoms with van der Waals surface area (Å²) in [7, 11) is 0. The minimum atomic E-state index is -5.40. The van der Waals surface area contributed by atoms with Gasteiger partial charge in [0, 0.05) is 6.54 Å². The largest absolute Gasteiger partial charge is 0.467 e. The van der Waals surface area contributed by atoms with E-state index in [-0.39, 0.29) is 13.0 Å². The molecule has 0 aromatic heterocycles. The van der Waals surface area contributed by atoms with Crippen LogP contribution in [0.15, 0.2) is 0 Å². The Hall–Kier alpha value is -0.500. The van der Waals surface area contributed by atoms with Crippen LogP contribution in [0.4, 0.5) is 26.3 Å². The predicted octanol–water partition coefficient (Wildman–Crippen LogP) is 1.68. The van der Waals surface area contributed by atoms with Crippen molar-refractivity contribution in [2.24, 2.45) is 5.73 Å². The second-order valence-corrected chi connectivity index (χ2v) is 2.23. The highest BCUT2D eigenvalue weighted by Crippen LogP contribution is 2.32. The van der Waals surface area contributed by atoms with E-state index >= 15 is 0 Å². The van der Waals surface area contributed by atoms with Gasteiger partial charge in [-0.25, -0.2) is 0 Å². The maximum atomic E-state index is 11.7. The lowest BCUT2D eigenvalue weighted by molar-refractivity contribution is -0.372. The summed E-state index contributed by atoms with van der Waals surface area (Å²) in [6.07, 6.45) is -11.2. The summed E-state index contributed by atoms with van der Waals surface area (Å²) in [6, 6.07) is 0. The molecule has 0 amide bonds. The van der Waals surface area contributed by atoms with E-state index in [2.05, 4.69) is 0 Å². The minimum absolute atomic E-state index is 0.220. The van der Waals surface area contributed by atoms with Crippen LogP contribution >= 0.6 is 0 Å². The Bertz CT molecular complexity index is 136. The Morgan fingerprint density at radius 2 is 1.31 bits per heavy atom. The van der Waals surface area contributed by atoms with E-state index in [1.807, 2.05) is 0 Å². The molecule has 0 atom stereocenters. The van der Waals surface area contributed by atoms with Gasteiger partial charge in [0.2, 0.25) is 0 Å². The molecule has 0 aliphatic rings. The number of hydrogen-bond acceptors (Lipinski definition) is 2. The quantitative estimate of drug-likeness (QED) is 0.567. The third-order valence-electron chi connectivity index (χ3n) is 1.20. The van der Waals surface area contributed by atoms with Crippen LogP contribution < -0.4 is 5.73 Å². The van der Waals surface area contributed by atoms with Crippen LogP contribution in [0.5, 0.6) is 0 Å². The highest BCUT2D eigenvalue weighted by molar-refractivity contribution is 4.63. The summed E-state index contributed by atoms with van der Waals surface area (Å²) < 4.78 is 70.2. The number of alkyl halides is 6. The van der Waals surface area contributed by atoms with Crippen molar-refractivity contribution in [3.8, 4) is 0 Å². The molecule has 0 bridgehead atoms. The minimum Gasteiger partial charge on any atom is -0.330 e. The fourth-order valence-electron chi connectivity index (χ4n) is 0.647. The summed E-state index contributed by atoms with van der Waals surface area (Å²) in [6.45, 7) is -1.38. The lowest BCUT2D eigenvalue weighted by Gasteiger charge is -2.26. The molecule has 2 N–H and O–H groups in total. The van der Waals surface area contributed by atoms with E-state index in [1.54, 1.807) is 0 Å². The molecule has 0 heterocycles. The molecule has 0 aromatic rings. The number of nitrogens with zero attached hydrogens (tertiary/aromatic N) is 1. The molecule has 0 aliphatic carbocycles. The van der Waals surface area contributed by atoms with E-state index < -0.39 is 24.0 Å². The van der Waals surface area contributed by atoms with Crippen molar-refractivity contribution < 1.29 is 26.3 Å². The molecule has 2 nitrogen and oxygen atoms in total. The van der Waals surface area contributed by atoms with Crippen molar-refractivity contribution in [3.05, 3.63) is 0 Å². The van der Waals surface area contributed by atoms with Gasteiger partial charge >= 0.3 is 12.6 Å². The smallest absolute Gasteiger partial charge is 0.330 e. The van der Waals surface area contributed by atoms with Crippen molar-refractivity contribution in [3.63, 3.8) is 0 Å². The topological polar surface area (TPSA) is 29.3 Å². The second kappa shape index (κ2) is 4.14. The number of nitrogens with two attached hydrogens (primary N) is 1. The molecular formula is C5H8F6N2. The van der Waals surface area contributed by atoms with E-state index in [0.717, 1.165) is 0 Å². The summed E-state index contributed by atoms with van der Waals surface area (Å²) in [5, 5.41) is 0. The Morgan fingerprint density at radius 3 is 1.54 bits per heavy atom. The monoisotopic (exact) mass is 210 g/mol. The van der Waals surface area contributed by atoms with Gasteiger partial charge in [-0.05, 0) is 13.0 Å². The third kappa shape index (κ3) is 4.32. The first-order valence-electron chi connectivity index (χ1n) is 3.31. The Morgan fingerprint density at radius 1 is 0.923 bits per heavy atom. The molecule has 8 heteroatoms. The highest BCUT2D eigenvalue weighted by atomic mass is 19.4. The molecule has 0 spiro atoms. The van der Waals surface area contributed by atoms with Gasteiger partial charge in [-0.15, -0.1) is 4.90 Å². The van der Waals surface area contributed by atoms with Crippen molar-refractivity contribution in [2.75, 3.05) is 13.1 Å². The normalized spacial score (nSPS) is 13.8. The van der Waals surface area contributed by atoms with Gasteiger partial charge in [-0.1, -0.05) is 0 Å². The van der Waals surface area contributed by atoms with Crippen molar-refractivity contribution in [2.45, 2.75) is 19.0 Å². The van der Waals surface area contributed by atoms with Gasteiger partial charge in [0.1, 0.15) is 0 Å². The number of rotatable bonds is 3. The van der Waals surface area contributed by atoms with Crippen molar-refractivity contribution >= 4 is 0 Å². The summed E-state index contributed by atoms with van der Waals surface area (Å²) >= 11 is 0. The van der Waals surface area contributed by atoms with Gasteiger partial charge in [0.15, 0.2) is 0 Å². The van der Waals surface area contributed by atoms with E-state index in [4.69, 9.17) is 5.73 Å². The predicted molar refractivity (Wildman–Crippen MR) is 32.5 cm³/mol. The average molecular weight is 210 g/mol. The van der Waals surface area contributed by atoms with Crippen LogP contribution in [-0.2, 0) is 0 Å². The maximum absolute atomic E-state index is 11.7. The maximum Gasteiger partial charge on any atom is 0.467 e. The average Bonchev–Trinajstić information content (AvgIpc) is 1.81. The molecular weight excluding hydrogens is 202 g/mol. The highest BCUT2D eigenvalue weighted by Gasteiger charge is 2.53. The molecule has 0 rings (SSSR count). The molecule has 0 fully saturated rings. The fourth-order valence-corrected chi connectivity index (χ4v) is 0.647. The zero-order chi connectivity index (χ0) is 10.7. The van der Waals surface area contributed by atoms with Gasteiger partial charge in [0.05, 0.1) is 0 Å². The lowest BCUT2D eigenvalue weighted by Crippen LogP contribution is -2.48. The molecule has 0 radical (unpaired) electrons. The zero-order valence-corrected chi connectivity index (χ0v) is 6.41. The first kappa shape index (κ1) is 12.5. The van der Waals surface area contributed by atoms with Gasteiger partial charge < -0.3 is 5.73 Å². The third-order valence-corrected chi connectivity index (χ3v) is 1.20. The van der Waals surface area contributed by atoms with Crippen LogP contribution in [0.3, 0.4) is 0 Å². The number of halogens is 6. The van der Waals surface area contributed by atoms with E-state index in [9.17, 15) is 26.3 Å². The van der Waals surface area contributed by atoms with Gasteiger partial charge in [-0.2, -0.15) is 26.3 Å². The van der Waals surface area contributed by atoms with Crippen LogP contribution in [0.1, 0.15) is 6.42 Å². The van der Waals surface area contributed by atoms with Gasteiger partial charge in [0.25, 0.3) is 0 Å². The molecule has 0 aromatic carbocycles. The summed E-state index contributed by atoms with van der Waals surface area (Å²) in [4.78, 5) is -1.49. The molecule has 13 heavy (non-hydrogen) atoms. The SMILES string of the molecule is NCCCN(C(F)(F)F)C(F)(F)F. The molecule has 0 aliphatic heterocycles. The number of hydrogen-bond donors (Lipinski definition) is 1. The summed E-state index contributed by atoms with van der Waals surface area (Å²) in [5.41, 5.74) is 4.80. The van der Waals surface area contributed by atoms with Crippen molar-refractivity contribution in [1.29, 1.82) is 0 Å². The lowest BCUT2D eigenvalue weighted by atomic mass is 10.4. The molecule has 0 saturated heterocycles. The first-order valence-corrected chi connectivity index (χ1v) is 3.31. The van der Waals surface area contributed by atoms with Crippen molar-refractivity contribution in [1.82, 2.24) is 4.90 Å². The van der Waals surface area contributed by atoms with Crippen LogP contribution in [0, 0.1) is 0 Å². The zero-order valence-electron chi connectivity index (χ0n) is 6.41. The molecule has 0 saturated carbocycles.